The molecule has 0 radical (unpaired) electrons. The predicted octanol–water partition coefficient (Wildman–Crippen LogP) is 3.27. The predicted molar refractivity (Wildman–Crippen MR) is 110 cm³/mol. The number of likely N-dealkylation sites (tertiary alicyclic amines) is 1. The summed E-state index contributed by atoms with van der Waals surface area (Å²) in [5.74, 6) is 2.94. The lowest BCUT2D eigenvalue weighted by Gasteiger charge is -2.21. The summed E-state index contributed by atoms with van der Waals surface area (Å²) in [5.41, 5.74) is 1.21. The first-order chi connectivity index (χ1) is 12.7. The van der Waals surface area contributed by atoms with Crippen LogP contribution < -0.4 is 5.32 Å². The van der Waals surface area contributed by atoms with Crippen molar-refractivity contribution in [1.82, 2.24) is 20.0 Å². The number of rotatable bonds is 7. The number of hydrogen-bond donors (Lipinski definition) is 1. The van der Waals surface area contributed by atoms with Gasteiger partial charge in [0.25, 0.3) is 0 Å². The van der Waals surface area contributed by atoms with Crippen LogP contribution in [0.5, 0.6) is 0 Å². The van der Waals surface area contributed by atoms with Crippen LogP contribution in [0.25, 0.3) is 0 Å². The molecule has 0 amide bonds. The molecule has 26 heavy (non-hydrogen) atoms. The van der Waals surface area contributed by atoms with Crippen molar-refractivity contribution in [3.05, 3.63) is 48.3 Å². The third-order valence-electron chi connectivity index (χ3n) is 4.64. The topological polar surface area (TPSA) is 45.5 Å². The number of nitrogens with zero attached hydrogens (tertiary/aromatic N) is 4. The van der Waals surface area contributed by atoms with Gasteiger partial charge in [0.1, 0.15) is 0 Å². The van der Waals surface area contributed by atoms with Gasteiger partial charge in [-0.05, 0) is 43.4 Å². The van der Waals surface area contributed by atoms with Crippen LogP contribution in [0.4, 0.5) is 0 Å². The minimum absolute atomic E-state index is 0.728. The fourth-order valence-electron chi connectivity index (χ4n) is 3.25. The number of aromatic nitrogens is 2. The van der Waals surface area contributed by atoms with Crippen molar-refractivity contribution in [2.75, 3.05) is 32.4 Å². The maximum absolute atomic E-state index is 4.47. The molecule has 2 heterocycles. The van der Waals surface area contributed by atoms with Gasteiger partial charge in [-0.2, -0.15) is 5.10 Å². The summed E-state index contributed by atoms with van der Waals surface area (Å²) in [6.45, 7) is 6.12. The van der Waals surface area contributed by atoms with Crippen molar-refractivity contribution in [2.24, 2.45) is 10.9 Å². The van der Waals surface area contributed by atoms with Gasteiger partial charge in [0, 0.05) is 50.1 Å². The summed E-state index contributed by atoms with van der Waals surface area (Å²) in [5, 5.41) is 7.84. The molecule has 0 spiro atoms. The number of guanidine groups is 1. The molecule has 0 aliphatic carbocycles. The molecule has 140 valence electrons. The van der Waals surface area contributed by atoms with Crippen LogP contribution in [-0.2, 0) is 6.54 Å². The number of hydrogen-bond acceptors (Lipinski definition) is 3. The molecule has 6 heteroatoms. The second-order valence-electron chi connectivity index (χ2n) is 6.83. The fourth-order valence-corrected chi connectivity index (χ4v) is 4.30. The standard InChI is InChI=1S/C20H29N5S/c1-17-13-23-25(14-17)11-6-10-22-20(21-2)24-12-9-18(15-24)16-26-19-7-4-3-5-8-19/h3-5,7-8,13-14,18H,6,9-12,15-16H2,1-2H3,(H,21,22). The van der Waals surface area contributed by atoms with Crippen molar-refractivity contribution < 1.29 is 0 Å². The third-order valence-corrected chi connectivity index (χ3v) is 5.88. The Balaban J connectivity index is 1.37. The lowest BCUT2D eigenvalue weighted by Crippen LogP contribution is -2.40. The van der Waals surface area contributed by atoms with Crippen LogP contribution in [0.15, 0.2) is 52.6 Å². The van der Waals surface area contributed by atoms with Gasteiger partial charge >= 0.3 is 0 Å². The smallest absolute Gasteiger partial charge is 0.193 e. The number of aryl methyl sites for hydroxylation is 2. The van der Waals surface area contributed by atoms with Crippen LogP contribution >= 0.6 is 11.8 Å². The molecule has 1 aromatic heterocycles. The van der Waals surface area contributed by atoms with Crippen molar-refractivity contribution in [3.8, 4) is 0 Å². The molecule has 0 bridgehead atoms. The van der Waals surface area contributed by atoms with Crippen LogP contribution in [0.1, 0.15) is 18.4 Å². The van der Waals surface area contributed by atoms with E-state index in [4.69, 9.17) is 0 Å². The molecule has 2 aromatic rings. The molecule has 5 nitrogen and oxygen atoms in total. The van der Waals surface area contributed by atoms with Crippen molar-refractivity contribution in [3.63, 3.8) is 0 Å². The molecule has 1 N–H and O–H groups in total. The Kier molecular flexibility index (Phi) is 7.00. The van der Waals surface area contributed by atoms with E-state index in [2.05, 4.69) is 63.8 Å². The van der Waals surface area contributed by atoms with Gasteiger partial charge in [-0.15, -0.1) is 11.8 Å². The van der Waals surface area contributed by atoms with E-state index in [0.29, 0.717) is 0 Å². The van der Waals surface area contributed by atoms with Gasteiger partial charge in [0.05, 0.1) is 6.20 Å². The third kappa shape index (κ3) is 5.53. The maximum atomic E-state index is 4.47. The quantitative estimate of drug-likeness (QED) is 0.351. The first kappa shape index (κ1) is 18.8. The molecule has 1 aromatic carbocycles. The monoisotopic (exact) mass is 371 g/mol. The lowest BCUT2D eigenvalue weighted by molar-refractivity contribution is 0.469. The molecular formula is C20H29N5S. The second-order valence-corrected chi connectivity index (χ2v) is 7.93. The Morgan fingerprint density at radius 2 is 2.19 bits per heavy atom. The first-order valence-electron chi connectivity index (χ1n) is 9.37. The minimum Gasteiger partial charge on any atom is -0.356 e. The zero-order valence-corrected chi connectivity index (χ0v) is 16.6. The van der Waals surface area contributed by atoms with E-state index in [0.717, 1.165) is 44.5 Å². The summed E-state index contributed by atoms with van der Waals surface area (Å²) < 4.78 is 2.01. The van der Waals surface area contributed by atoms with Crippen molar-refractivity contribution in [1.29, 1.82) is 0 Å². The normalized spacial score (nSPS) is 17.7. The Labute approximate surface area is 160 Å². The van der Waals surface area contributed by atoms with Crippen LogP contribution in [-0.4, -0.2) is 53.1 Å². The van der Waals surface area contributed by atoms with Crippen molar-refractivity contribution in [2.45, 2.75) is 31.2 Å². The van der Waals surface area contributed by atoms with E-state index >= 15 is 0 Å². The number of thioether (sulfide) groups is 1. The maximum Gasteiger partial charge on any atom is 0.193 e. The number of aliphatic imine (C=N–C) groups is 1. The van der Waals surface area contributed by atoms with Gasteiger partial charge in [0.15, 0.2) is 5.96 Å². The second kappa shape index (κ2) is 9.67. The first-order valence-corrected chi connectivity index (χ1v) is 10.4. The molecule has 1 fully saturated rings. The Bertz CT molecular complexity index is 697. The average molecular weight is 372 g/mol. The molecule has 1 saturated heterocycles. The summed E-state index contributed by atoms with van der Waals surface area (Å²) in [7, 11) is 1.88. The van der Waals surface area contributed by atoms with E-state index in [1.54, 1.807) is 0 Å². The lowest BCUT2D eigenvalue weighted by atomic mass is 10.2. The molecule has 1 aliphatic rings. The Morgan fingerprint density at radius 1 is 1.35 bits per heavy atom. The zero-order chi connectivity index (χ0) is 18.2. The average Bonchev–Trinajstić information content (AvgIpc) is 3.30. The fraction of sp³-hybridized carbons (Fsp3) is 0.500. The molecule has 1 unspecified atom stereocenters. The molecule has 3 rings (SSSR count). The molecule has 1 aliphatic heterocycles. The number of benzene rings is 1. The summed E-state index contributed by atoms with van der Waals surface area (Å²) in [4.78, 5) is 8.23. The van der Waals surface area contributed by atoms with Gasteiger partial charge in [-0.25, -0.2) is 0 Å². The summed E-state index contributed by atoms with van der Waals surface area (Å²) in [6, 6.07) is 10.7. The number of nitrogens with one attached hydrogen (secondary N) is 1. The van der Waals surface area contributed by atoms with E-state index in [1.807, 2.05) is 29.7 Å². The zero-order valence-electron chi connectivity index (χ0n) is 15.8. The molecule has 0 saturated carbocycles. The minimum atomic E-state index is 0.728. The largest absolute Gasteiger partial charge is 0.356 e. The Morgan fingerprint density at radius 3 is 2.92 bits per heavy atom. The van der Waals surface area contributed by atoms with E-state index in [-0.39, 0.29) is 0 Å². The van der Waals surface area contributed by atoms with E-state index in [1.165, 1.54) is 22.6 Å². The highest BCUT2D eigenvalue weighted by Crippen LogP contribution is 2.25. The highest BCUT2D eigenvalue weighted by Gasteiger charge is 2.24. The van der Waals surface area contributed by atoms with Gasteiger partial charge < -0.3 is 10.2 Å². The SMILES string of the molecule is CN=C(NCCCn1cc(C)cn1)N1CCC(CSc2ccccc2)C1. The van der Waals surface area contributed by atoms with Crippen molar-refractivity contribution >= 4 is 17.7 Å². The highest BCUT2D eigenvalue weighted by atomic mass is 32.2. The van der Waals surface area contributed by atoms with Crippen LogP contribution in [0.2, 0.25) is 0 Å². The Hall–Kier alpha value is -1.95. The molecule has 1 atom stereocenters. The van der Waals surface area contributed by atoms with Gasteiger partial charge in [-0.1, -0.05) is 18.2 Å². The van der Waals surface area contributed by atoms with E-state index < -0.39 is 0 Å². The molecular weight excluding hydrogens is 342 g/mol. The van der Waals surface area contributed by atoms with Crippen LogP contribution in [0.3, 0.4) is 0 Å². The van der Waals surface area contributed by atoms with Crippen LogP contribution in [0, 0.1) is 12.8 Å². The van der Waals surface area contributed by atoms with Gasteiger partial charge in [0.2, 0.25) is 0 Å². The summed E-state index contributed by atoms with van der Waals surface area (Å²) in [6.07, 6.45) is 6.28. The van der Waals surface area contributed by atoms with Gasteiger partial charge in [-0.3, -0.25) is 9.67 Å². The highest BCUT2D eigenvalue weighted by molar-refractivity contribution is 7.99. The van der Waals surface area contributed by atoms with E-state index in [9.17, 15) is 0 Å². The summed E-state index contributed by atoms with van der Waals surface area (Å²) >= 11 is 1.96.